The van der Waals surface area contributed by atoms with Crippen molar-refractivity contribution < 1.29 is 13.5 Å². The zero-order valence-electron chi connectivity index (χ0n) is 10.2. The summed E-state index contributed by atoms with van der Waals surface area (Å²) in [6.07, 6.45) is 2.24. The molecule has 7 heteroatoms. The van der Waals surface area contributed by atoms with E-state index in [1.165, 1.54) is 6.07 Å². The summed E-state index contributed by atoms with van der Waals surface area (Å²) in [4.78, 5) is 0. The van der Waals surface area contributed by atoms with Crippen molar-refractivity contribution in [3.63, 3.8) is 0 Å². The lowest BCUT2D eigenvalue weighted by Gasteiger charge is -2.15. The minimum Gasteiger partial charge on any atom is -0.376 e. The molecule has 1 saturated heterocycles. The van der Waals surface area contributed by atoms with Crippen LogP contribution in [0.25, 0.3) is 0 Å². The third-order valence-corrected chi connectivity index (χ3v) is 3.00. The molecule has 4 nitrogen and oxygen atoms in total. The minimum atomic E-state index is -0.686. The molecule has 1 fully saturated rings. The Labute approximate surface area is 115 Å². The Morgan fingerprint density at radius 2 is 2.26 bits per heavy atom. The van der Waals surface area contributed by atoms with Gasteiger partial charge in [-0.1, -0.05) is 0 Å². The third kappa shape index (κ3) is 4.29. The number of hydrazine groups is 1. The second-order valence-electron chi connectivity index (χ2n) is 4.22. The molecule has 2 rings (SSSR count). The Bertz CT molecular complexity index is 453. The number of halogens is 2. The van der Waals surface area contributed by atoms with Crippen LogP contribution < -0.4 is 16.2 Å². The molecule has 104 valence electrons. The van der Waals surface area contributed by atoms with Gasteiger partial charge in [-0.2, -0.15) is 0 Å². The van der Waals surface area contributed by atoms with E-state index in [1.54, 1.807) is 0 Å². The maximum absolute atomic E-state index is 13.3. The fourth-order valence-electron chi connectivity index (χ4n) is 1.77. The summed E-state index contributed by atoms with van der Waals surface area (Å²) in [6.45, 7) is 1.39. The molecule has 0 saturated carbocycles. The van der Waals surface area contributed by atoms with Gasteiger partial charge in [-0.05, 0) is 37.2 Å². The van der Waals surface area contributed by atoms with Crippen molar-refractivity contribution in [2.75, 3.05) is 18.6 Å². The average Bonchev–Trinajstić information content (AvgIpc) is 2.88. The number of benzene rings is 1. The zero-order valence-corrected chi connectivity index (χ0v) is 11.0. The molecule has 1 atom stereocenters. The smallest absolute Gasteiger partial charge is 0.185 e. The van der Waals surface area contributed by atoms with Crippen molar-refractivity contribution in [3.05, 3.63) is 29.8 Å². The van der Waals surface area contributed by atoms with E-state index in [1.807, 2.05) is 0 Å². The lowest BCUT2D eigenvalue weighted by atomic mass is 10.2. The van der Waals surface area contributed by atoms with Crippen LogP contribution in [-0.2, 0) is 4.74 Å². The molecular weight excluding hydrogens is 272 g/mol. The summed E-state index contributed by atoms with van der Waals surface area (Å²) < 4.78 is 31.4. The van der Waals surface area contributed by atoms with Crippen LogP contribution in [0.2, 0.25) is 0 Å². The predicted octanol–water partition coefficient (Wildman–Crippen LogP) is 1.93. The fourth-order valence-corrected chi connectivity index (χ4v) is 1.91. The quantitative estimate of drug-likeness (QED) is 0.583. The molecule has 0 aliphatic carbocycles. The van der Waals surface area contributed by atoms with Gasteiger partial charge < -0.3 is 10.1 Å². The zero-order chi connectivity index (χ0) is 13.7. The van der Waals surface area contributed by atoms with E-state index < -0.39 is 11.6 Å². The summed E-state index contributed by atoms with van der Waals surface area (Å²) in [6, 6.07) is 3.25. The molecule has 1 aromatic rings. The summed E-state index contributed by atoms with van der Waals surface area (Å²) in [5.74, 6) is -1.31. The largest absolute Gasteiger partial charge is 0.376 e. The normalized spacial score (nSPS) is 18.1. The first-order chi connectivity index (χ1) is 9.15. The van der Waals surface area contributed by atoms with Gasteiger partial charge in [-0.25, -0.2) is 8.78 Å². The molecule has 0 spiro atoms. The number of nitrogens with one attached hydrogen (secondary N) is 3. The average molecular weight is 287 g/mol. The second kappa shape index (κ2) is 6.63. The van der Waals surface area contributed by atoms with E-state index in [0.29, 0.717) is 11.7 Å². The molecular formula is C12H15F2N3OS. The van der Waals surface area contributed by atoms with Crippen molar-refractivity contribution in [1.29, 1.82) is 0 Å². The Balaban J connectivity index is 1.73. The van der Waals surface area contributed by atoms with Gasteiger partial charge in [0.1, 0.15) is 5.82 Å². The summed E-state index contributed by atoms with van der Waals surface area (Å²) >= 11 is 5.02. The van der Waals surface area contributed by atoms with Gasteiger partial charge in [0.25, 0.3) is 0 Å². The lowest BCUT2D eigenvalue weighted by molar-refractivity contribution is 0.114. The van der Waals surface area contributed by atoms with Crippen LogP contribution in [0, 0.1) is 11.6 Å². The topological polar surface area (TPSA) is 45.3 Å². The van der Waals surface area contributed by atoms with E-state index in [4.69, 9.17) is 17.0 Å². The van der Waals surface area contributed by atoms with Gasteiger partial charge >= 0.3 is 0 Å². The molecule has 1 aliphatic rings. The van der Waals surface area contributed by atoms with Crippen LogP contribution in [0.4, 0.5) is 14.5 Å². The maximum Gasteiger partial charge on any atom is 0.185 e. The van der Waals surface area contributed by atoms with Gasteiger partial charge in [0.15, 0.2) is 10.9 Å². The molecule has 19 heavy (non-hydrogen) atoms. The molecule has 3 N–H and O–H groups in total. The van der Waals surface area contributed by atoms with E-state index in [9.17, 15) is 8.78 Å². The van der Waals surface area contributed by atoms with E-state index >= 15 is 0 Å². The minimum absolute atomic E-state index is 0.127. The van der Waals surface area contributed by atoms with Crippen molar-refractivity contribution in [3.8, 4) is 0 Å². The number of hydrogen-bond acceptors (Lipinski definition) is 3. The predicted molar refractivity (Wildman–Crippen MR) is 72.7 cm³/mol. The molecule has 1 aliphatic heterocycles. The van der Waals surface area contributed by atoms with Gasteiger partial charge in [-0.15, -0.1) is 0 Å². The Hall–Kier alpha value is -1.47. The highest BCUT2D eigenvalue weighted by atomic mass is 32.1. The molecule has 0 bridgehead atoms. The monoisotopic (exact) mass is 287 g/mol. The number of ether oxygens (including phenoxy) is 1. The summed E-state index contributed by atoms with van der Waals surface area (Å²) in [5.41, 5.74) is 5.34. The number of rotatable bonds is 4. The van der Waals surface area contributed by atoms with Crippen LogP contribution in [0.15, 0.2) is 18.2 Å². The van der Waals surface area contributed by atoms with Crippen LogP contribution in [0.1, 0.15) is 12.8 Å². The summed E-state index contributed by atoms with van der Waals surface area (Å²) in [7, 11) is 0. The van der Waals surface area contributed by atoms with Crippen molar-refractivity contribution in [2.45, 2.75) is 18.9 Å². The first-order valence-electron chi connectivity index (χ1n) is 6.01. The fraction of sp³-hybridized carbons (Fsp3) is 0.417. The highest BCUT2D eigenvalue weighted by Gasteiger charge is 2.15. The van der Waals surface area contributed by atoms with E-state index in [0.717, 1.165) is 31.6 Å². The standard InChI is InChI=1S/C12H15F2N3OS/c13-8-3-4-11(10(14)6-8)16-17-12(19)15-7-9-2-1-5-18-9/h3-4,6,9,16H,1-2,5,7H2,(H2,15,17,19)/t9-/m0/s1. The van der Waals surface area contributed by atoms with Gasteiger partial charge in [0.2, 0.25) is 0 Å². The van der Waals surface area contributed by atoms with Gasteiger partial charge in [-0.3, -0.25) is 10.9 Å². The van der Waals surface area contributed by atoms with Crippen LogP contribution in [-0.4, -0.2) is 24.4 Å². The molecule has 1 heterocycles. The third-order valence-electron chi connectivity index (χ3n) is 2.76. The molecule has 0 radical (unpaired) electrons. The van der Waals surface area contributed by atoms with Crippen molar-refractivity contribution in [1.82, 2.24) is 10.7 Å². The van der Waals surface area contributed by atoms with Crippen molar-refractivity contribution in [2.24, 2.45) is 0 Å². The van der Waals surface area contributed by atoms with E-state index in [-0.39, 0.29) is 11.8 Å². The van der Waals surface area contributed by atoms with Gasteiger partial charge in [0.05, 0.1) is 11.8 Å². The highest BCUT2D eigenvalue weighted by molar-refractivity contribution is 7.80. The molecule has 0 amide bonds. The van der Waals surface area contributed by atoms with E-state index in [2.05, 4.69) is 16.2 Å². The van der Waals surface area contributed by atoms with Gasteiger partial charge in [0, 0.05) is 19.2 Å². The van der Waals surface area contributed by atoms with Crippen molar-refractivity contribution >= 4 is 23.0 Å². The molecule has 0 aromatic heterocycles. The maximum atomic E-state index is 13.3. The Kier molecular flexibility index (Phi) is 4.86. The number of hydrogen-bond donors (Lipinski definition) is 3. The highest BCUT2D eigenvalue weighted by Crippen LogP contribution is 2.13. The number of anilines is 1. The molecule has 1 aromatic carbocycles. The van der Waals surface area contributed by atoms with Crippen LogP contribution in [0.5, 0.6) is 0 Å². The van der Waals surface area contributed by atoms with Crippen LogP contribution >= 0.6 is 12.2 Å². The Morgan fingerprint density at radius 3 is 2.95 bits per heavy atom. The lowest BCUT2D eigenvalue weighted by Crippen LogP contribution is -2.42. The molecule has 0 unspecified atom stereocenters. The SMILES string of the molecule is Fc1ccc(NNC(=S)NC[C@@H]2CCCO2)c(F)c1. The summed E-state index contributed by atoms with van der Waals surface area (Å²) in [5, 5.41) is 3.29. The van der Waals surface area contributed by atoms with Crippen LogP contribution in [0.3, 0.4) is 0 Å². The number of thiocarbonyl (C=S) groups is 1. The second-order valence-corrected chi connectivity index (χ2v) is 4.63. The Morgan fingerprint density at radius 1 is 1.42 bits per heavy atom. The first kappa shape index (κ1) is 14.0. The first-order valence-corrected chi connectivity index (χ1v) is 6.42.